The maximum Gasteiger partial charge on any atom is 0.251 e. The van der Waals surface area contributed by atoms with Crippen LogP contribution in [-0.2, 0) is 4.74 Å². The van der Waals surface area contributed by atoms with Crippen LogP contribution in [-0.4, -0.2) is 25.7 Å². The van der Waals surface area contributed by atoms with Gasteiger partial charge in [-0.3, -0.25) is 4.79 Å². The van der Waals surface area contributed by atoms with Crippen molar-refractivity contribution in [3.63, 3.8) is 0 Å². The summed E-state index contributed by atoms with van der Waals surface area (Å²) in [5.41, 5.74) is 8.26. The highest BCUT2D eigenvalue weighted by Crippen LogP contribution is 2.43. The van der Waals surface area contributed by atoms with Crippen LogP contribution in [0.4, 0.5) is 5.69 Å². The third kappa shape index (κ3) is 3.97. The van der Waals surface area contributed by atoms with Crippen molar-refractivity contribution >= 4 is 11.6 Å². The zero-order valence-corrected chi connectivity index (χ0v) is 13.1. The van der Waals surface area contributed by atoms with Gasteiger partial charge in [0.2, 0.25) is 0 Å². The van der Waals surface area contributed by atoms with E-state index in [2.05, 4.69) is 5.32 Å². The molecule has 0 saturated heterocycles. The first-order valence-corrected chi connectivity index (χ1v) is 7.78. The van der Waals surface area contributed by atoms with Crippen molar-refractivity contribution in [2.75, 3.05) is 25.5 Å². The topological polar surface area (TPSA) is 64.3 Å². The molecule has 1 aliphatic carbocycles. The number of carbonyl (C=O) groups is 1. The molecule has 21 heavy (non-hydrogen) atoms. The molecule has 0 atom stereocenters. The van der Waals surface area contributed by atoms with Crippen LogP contribution in [0.2, 0.25) is 0 Å². The maximum atomic E-state index is 12.3. The molecule has 2 rings (SSSR count). The number of nitrogens with two attached hydrogens (primary N) is 1. The highest BCUT2D eigenvalue weighted by molar-refractivity contribution is 5.96. The number of rotatable bonds is 7. The van der Waals surface area contributed by atoms with Crippen LogP contribution in [0.5, 0.6) is 0 Å². The Hall–Kier alpha value is -1.55. The molecule has 0 heterocycles. The summed E-state index contributed by atoms with van der Waals surface area (Å²) in [7, 11) is 0. The molecule has 1 amide bonds. The lowest BCUT2D eigenvalue weighted by Crippen LogP contribution is -2.43. The molecule has 3 N–H and O–H groups in total. The average Bonchev–Trinajstić information content (AvgIpc) is 2.43. The van der Waals surface area contributed by atoms with Crippen LogP contribution in [0.25, 0.3) is 0 Å². The Morgan fingerprint density at radius 2 is 2.19 bits per heavy atom. The minimum absolute atomic E-state index is 0.0255. The molecule has 4 nitrogen and oxygen atoms in total. The highest BCUT2D eigenvalue weighted by atomic mass is 16.5. The van der Waals surface area contributed by atoms with E-state index in [4.69, 9.17) is 10.5 Å². The van der Waals surface area contributed by atoms with Crippen molar-refractivity contribution in [2.24, 2.45) is 5.41 Å². The highest BCUT2D eigenvalue weighted by Gasteiger charge is 2.36. The van der Waals surface area contributed by atoms with Crippen LogP contribution < -0.4 is 11.1 Å². The number of nitrogen functional groups attached to an aromatic ring is 1. The van der Waals surface area contributed by atoms with E-state index in [1.165, 1.54) is 19.3 Å². The lowest BCUT2D eigenvalue weighted by atomic mass is 9.66. The van der Waals surface area contributed by atoms with Crippen LogP contribution in [0.1, 0.15) is 48.5 Å². The summed E-state index contributed by atoms with van der Waals surface area (Å²) in [4.78, 5) is 12.3. The van der Waals surface area contributed by atoms with E-state index < -0.39 is 0 Å². The zero-order valence-electron chi connectivity index (χ0n) is 13.1. The summed E-state index contributed by atoms with van der Waals surface area (Å²) in [5, 5.41) is 3.09. The van der Waals surface area contributed by atoms with Crippen molar-refractivity contribution in [1.29, 1.82) is 0 Å². The van der Waals surface area contributed by atoms with Crippen LogP contribution in [0.15, 0.2) is 18.2 Å². The third-order valence-electron chi connectivity index (χ3n) is 4.53. The first-order valence-electron chi connectivity index (χ1n) is 7.78. The predicted molar refractivity (Wildman–Crippen MR) is 85.3 cm³/mol. The molecule has 4 heteroatoms. The smallest absolute Gasteiger partial charge is 0.251 e. The fourth-order valence-electron chi connectivity index (χ4n) is 2.87. The molecule has 1 aliphatic rings. The number of anilines is 1. The normalized spacial score (nSPS) is 16.3. The first kappa shape index (κ1) is 15.8. The van der Waals surface area contributed by atoms with E-state index >= 15 is 0 Å². The van der Waals surface area contributed by atoms with E-state index in [1.807, 2.05) is 26.0 Å². The molecule has 0 bridgehead atoms. The lowest BCUT2D eigenvalue weighted by Gasteiger charge is -2.42. The quantitative estimate of drug-likeness (QED) is 0.599. The number of hydrogen-bond acceptors (Lipinski definition) is 3. The summed E-state index contributed by atoms with van der Waals surface area (Å²) < 4.78 is 5.46. The van der Waals surface area contributed by atoms with E-state index in [-0.39, 0.29) is 11.3 Å². The number of ether oxygens (including phenoxy) is 1. The second-order valence-corrected chi connectivity index (χ2v) is 6.06. The number of carbonyl (C=O) groups excluding carboxylic acids is 1. The van der Waals surface area contributed by atoms with Crippen LogP contribution in [0, 0.1) is 12.3 Å². The molecule has 0 aromatic heterocycles. The largest absolute Gasteiger partial charge is 0.399 e. The molecule has 1 saturated carbocycles. The van der Waals surface area contributed by atoms with Gasteiger partial charge in [-0.2, -0.15) is 0 Å². The molecule has 0 unspecified atom stereocenters. The number of hydrogen-bond donors (Lipinski definition) is 2. The second-order valence-electron chi connectivity index (χ2n) is 6.06. The Balaban J connectivity index is 1.92. The van der Waals surface area contributed by atoms with Gasteiger partial charge in [-0.1, -0.05) is 12.5 Å². The second kappa shape index (κ2) is 6.94. The Bertz CT molecular complexity index is 496. The fourth-order valence-corrected chi connectivity index (χ4v) is 2.87. The van der Waals surface area contributed by atoms with Crippen molar-refractivity contribution in [1.82, 2.24) is 5.32 Å². The zero-order chi connectivity index (χ0) is 15.3. The van der Waals surface area contributed by atoms with Crippen LogP contribution in [0.3, 0.4) is 0 Å². The van der Waals surface area contributed by atoms with Crippen molar-refractivity contribution < 1.29 is 9.53 Å². The SMILES string of the molecule is CCOCCC1(CNC(=O)c2cc(N)ccc2C)CCC1. The van der Waals surface area contributed by atoms with Crippen LogP contribution >= 0.6 is 0 Å². The Morgan fingerprint density at radius 3 is 2.81 bits per heavy atom. The number of benzene rings is 1. The number of amides is 1. The van der Waals surface area contributed by atoms with Crippen molar-refractivity contribution in [3.8, 4) is 0 Å². The Kier molecular flexibility index (Phi) is 5.23. The minimum atomic E-state index is -0.0255. The monoisotopic (exact) mass is 290 g/mol. The van der Waals surface area contributed by atoms with Gasteiger partial charge in [0.1, 0.15) is 0 Å². The molecule has 0 aliphatic heterocycles. The maximum absolute atomic E-state index is 12.3. The number of aryl methyl sites for hydroxylation is 1. The predicted octanol–water partition coefficient (Wildman–Crippen LogP) is 2.90. The molecule has 1 aromatic carbocycles. The summed E-state index contributed by atoms with van der Waals surface area (Å²) in [6, 6.07) is 5.46. The first-order chi connectivity index (χ1) is 10.1. The third-order valence-corrected chi connectivity index (χ3v) is 4.53. The Morgan fingerprint density at radius 1 is 1.43 bits per heavy atom. The van der Waals surface area contributed by atoms with Gasteiger partial charge in [0, 0.05) is 31.0 Å². The van der Waals surface area contributed by atoms with Crippen molar-refractivity contribution in [2.45, 2.75) is 39.5 Å². The van der Waals surface area contributed by atoms with Gasteiger partial charge < -0.3 is 15.8 Å². The summed E-state index contributed by atoms with van der Waals surface area (Å²) >= 11 is 0. The molecule has 1 aromatic rings. The van der Waals surface area contributed by atoms with Gasteiger partial charge in [-0.15, -0.1) is 0 Å². The van der Waals surface area contributed by atoms with Gasteiger partial charge in [-0.05, 0) is 56.2 Å². The lowest BCUT2D eigenvalue weighted by molar-refractivity contribution is 0.0513. The van der Waals surface area contributed by atoms with E-state index in [9.17, 15) is 4.79 Å². The Labute approximate surface area is 127 Å². The molecule has 1 fully saturated rings. The van der Waals surface area contributed by atoms with E-state index in [0.717, 1.165) is 31.7 Å². The molecule has 116 valence electrons. The average molecular weight is 290 g/mol. The summed E-state index contributed by atoms with van der Waals surface area (Å²) in [5.74, 6) is -0.0255. The van der Waals surface area contributed by atoms with E-state index in [1.54, 1.807) is 6.07 Å². The fraction of sp³-hybridized carbons (Fsp3) is 0.588. The number of nitrogens with one attached hydrogen (secondary N) is 1. The molecule has 0 spiro atoms. The minimum Gasteiger partial charge on any atom is -0.399 e. The standard InChI is InChI=1S/C17H26N2O2/c1-3-21-10-9-17(7-4-8-17)12-19-16(20)15-11-14(18)6-5-13(15)2/h5-6,11H,3-4,7-10,12,18H2,1-2H3,(H,19,20). The van der Waals surface area contributed by atoms with Gasteiger partial charge in [0.15, 0.2) is 0 Å². The van der Waals surface area contributed by atoms with Gasteiger partial charge in [0.05, 0.1) is 0 Å². The van der Waals surface area contributed by atoms with Crippen molar-refractivity contribution in [3.05, 3.63) is 29.3 Å². The summed E-state index contributed by atoms with van der Waals surface area (Å²) in [6.07, 6.45) is 4.63. The summed E-state index contributed by atoms with van der Waals surface area (Å²) in [6.45, 7) is 6.21. The molecular formula is C17H26N2O2. The van der Waals surface area contributed by atoms with Gasteiger partial charge in [0.25, 0.3) is 5.91 Å². The molecular weight excluding hydrogens is 264 g/mol. The van der Waals surface area contributed by atoms with E-state index in [0.29, 0.717) is 11.3 Å². The van der Waals surface area contributed by atoms with Gasteiger partial charge in [-0.25, -0.2) is 0 Å². The molecule has 0 radical (unpaired) electrons. The van der Waals surface area contributed by atoms with Gasteiger partial charge >= 0.3 is 0 Å².